The van der Waals surface area contributed by atoms with Crippen LogP contribution in [0.15, 0.2) is 40.4 Å². The van der Waals surface area contributed by atoms with Gasteiger partial charge in [0.25, 0.3) is 5.91 Å². The maximum Gasteiger partial charge on any atom is 0.471 e. The summed E-state index contributed by atoms with van der Waals surface area (Å²) >= 11 is 0. The number of alkyl halides is 3. The number of amides is 1. The van der Waals surface area contributed by atoms with Crippen molar-refractivity contribution >= 4 is 5.91 Å². The molecule has 0 unspecified atom stereocenters. The number of aromatic nitrogens is 2. The van der Waals surface area contributed by atoms with E-state index in [4.69, 9.17) is 4.84 Å². The van der Waals surface area contributed by atoms with Gasteiger partial charge in [0.2, 0.25) is 5.82 Å². The molecule has 9 heteroatoms. The SMILES string of the molecule is CCCON(Cc1ccc(-c2noc(C(F)(F)F)n2)cc1)C(=O)C1=CCCC1. The molecule has 0 spiro atoms. The molecule has 1 aromatic carbocycles. The van der Waals surface area contributed by atoms with Crippen molar-refractivity contribution in [3.8, 4) is 11.4 Å². The number of halogens is 3. The van der Waals surface area contributed by atoms with Gasteiger partial charge in [-0.1, -0.05) is 42.4 Å². The first-order chi connectivity index (χ1) is 13.4. The van der Waals surface area contributed by atoms with Crippen LogP contribution in [-0.4, -0.2) is 27.7 Å². The van der Waals surface area contributed by atoms with Crippen molar-refractivity contribution in [2.24, 2.45) is 0 Å². The van der Waals surface area contributed by atoms with Gasteiger partial charge in [-0.05, 0) is 31.2 Å². The Labute approximate surface area is 159 Å². The molecule has 0 atom stereocenters. The second-order valence-corrected chi connectivity index (χ2v) is 6.41. The molecule has 2 aromatic rings. The highest BCUT2D eigenvalue weighted by atomic mass is 19.4. The molecule has 1 aromatic heterocycles. The van der Waals surface area contributed by atoms with Crippen molar-refractivity contribution in [2.75, 3.05) is 6.61 Å². The van der Waals surface area contributed by atoms with E-state index in [1.807, 2.05) is 13.0 Å². The third-order valence-corrected chi connectivity index (χ3v) is 4.20. The van der Waals surface area contributed by atoms with E-state index in [0.29, 0.717) is 12.2 Å². The molecule has 3 rings (SSSR count). The third kappa shape index (κ3) is 4.78. The van der Waals surface area contributed by atoms with Crippen molar-refractivity contribution in [2.45, 2.75) is 45.3 Å². The van der Waals surface area contributed by atoms with Gasteiger partial charge in [0.05, 0.1) is 13.2 Å². The van der Waals surface area contributed by atoms with Crippen molar-refractivity contribution in [3.05, 3.63) is 47.4 Å². The predicted octanol–water partition coefficient (Wildman–Crippen LogP) is 4.54. The van der Waals surface area contributed by atoms with E-state index in [0.717, 1.165) is 36.8 Å². The summed E-state index contributed by atoms with van der Waals surface area (Å²) in [4.78, 5) is 21.6. The third-order valence-electron chi connectivity index (χ3n) is 4.20. The minimum absolute atomic E-state index is 0.148. The normalized spacial score (nSPS) is 14.2. The zero-order valence-electron chi connectivity index (χ0n) is 15.3. The van der Waals surface area contributed by atoms with Crippen LogP contribution in [0.25, 0.3) is 11.4 Å². The molecule has 0 saturated heterocycles. The summed E-state index contributed by atoms with van der Waals surface area (Å²) in [6, 6.07) is 6.55. The van der Waals surface area contributed by atoms with E-state index in [-0.39, 0.29) is 18.3 Å². The lowest BCUT2D eigenvalue weighted by atomic mass is 10.1. The minimum atomic E-state index is -4.68. The first-order valence-corrected chi connectivity index (χ1v) is 9.02. The smallest absolute Gasteiger partial charge is 0.329 e. The summed E-state index contributed by atoms with van der Waals surface area (Å²) < 4.78 is 42.0. The molecule has 1 amide bonds. The number of hydrogen-bond donors (Lipinski definition) is 0. The highest BCUT2D eigenvalue weighted by Gasteiger charge is 2.38. The van der Waals surface area contributed by atoms with Crippen LogP contribution >= 0.6 is 0 Å². The molecule has 0 bridgehead atoms. The van der Waals surface area contributed by atoms with Crippen LogP contribution in [0.2, 0.25) is 0 Å². The fourth-order valence-electron chi connectivity index (χ4n) is 2.78. The van der Waals surface area contributed by atoms with Crippen LogP contribution in [0.1, 0.15) is 44.1 Å². The topological polar surface area (TPSA) is 68.5 Å². The van der Waals surface area contributed by atoms with Crippen molar-refractivity contribution in [3.63, 3.8) is 0 Å². The van der Waals surface area contributed by atoms with Crippen LogP contribution in [0.3, 0.4) is 0 Å². The molecule has 0 aliphatic heterocycles. The number of rotatable bonds is 7. The Kier molecular flexibility index (Phi) is 6.13. The molecular formula is C19H20F3N3O3. The van der Waals surface area contributed by atoms with Gasteiger partial charge in [0.1, 0.15) is 0 Å². The molecule has 1 aliphatic carbocycles. The number of benzene rings is 1. The second kappa shape index (κ2) is 8.55. The van der Waals surface area contributed by atoms with E-state index in [1.165, 1.54) is 5.06 Å². The maximum atomic E-state index is 12.6. The quantitative estimate of drug-likeness (QED) is 0.644. The number of hydrogen-bond acceptors (Lipinski definition) is 5. The summed E-state index contributed by atoms with van der Waals surface area (Å²) in [6.07, 6.45) is 0.605. The molecule has 0 saturated carbocycles. The van der Waals surface area contributed by atoms with E-state index >= 15 is 0 Å². The Hall–Kier alpha value is -2.68. The van der Waals surface area contributed by atoms with Crippen LogP contribution in [-0.2, 0) is 22.4 Å². The van der Waals surface area contributed by atoms with Crippen LogP contribution in [0.4, 0.5) is 13.2 Å². The molecule has 0 fully saturated rings. The molecule has 28 heavy (non-hydrogen) atoms. The number of carbonyl (C=O) groups is 1. The lowest BCUT2D eigenvalue weighted by molar-refractivity contribution is -0.186. The van der Waals surface area contributed by atoms with Crippen LogP contribution in [0, 0.1) is 0 Å². The molecular weight excluding hydrogens is 375 g/mol. The average molecular weight is 395 g/mol. The van der Waals surface area contributed by atoms with Crippen LogP contribution < -0.4 is 0 Å². The van der Waals surface area contributed by atoms with Gasteiger partial charge in [-0.15, -0.1) is 0 Å². The zero-order valence-corrected chi connectivity index (χ0v) is 15.3. The highest BCUT2D eigenvalue weighted by molar-refractivity contribution is 5.93. The lowest BCUT2D eigenvalue weighted by Crippen LogP contribution is -2.32. The monoisotopic (exact) mass is 395 g/mol. The molecule has 1 heterocycles. The predicted molar refractivity (Wildman–Crippen MR) is 93.5 cm³/mol. The highest BCUT2D eigenvalue weighted by Crippen LogP contribution is 2.29. The minimum Gasteiger partial charge on any atom is -0.329 e. The number of carbonyl (C=O) groups excluding carboxylic acids is 1. The van der Waals surface area contributed by atoms with Gasteiger partial charge in [-0.2, -0.15) is 18.2 Å². The van der Waals surface area contributed by atoms with E-state index in [9.17, 15) is 18.0 Å². The van der Waals surface area contributed by atoms with Gasteiger partial charge in [-0.25, -0.2) is 5.06 Å². The van der Waals surface area contributed by atoms with Gasteiger partial charge in [0, 0.05) is 11.1 Å². The van der Waals surface area contributed by atoms with Gasteiger partial charge < -0.3 is 4.52 Å². The second-order valence-electron chi connectivity index (χ2n) is 6.41. The first kappa shape index (κ1) is 20.1. The van der Waals surface area contributed by atoms with Crippen molar-refractivity contribution in [1.82, 2.24) is 15.2 Å². The van der Waals surface area contributed by atoms with E-state index in [1.54, 1.807) is 24.3 Å². The molecule has 0 radical (unpaired) electrons. The largest absolute Gasteiger partial charge is 0.471 e. The zero-order chi connectivity index (χ0) is 20.1. The summed E-state index contributed by atoms with van der Waals surface area (Å²) in [7, 11) is 0. The van der Waals surface area contributed by atoms with Crippen molar-refractivity contribution in [1.29, 1.82) is 0 Å². The first-order valence-electron chi connectivity index (χ1n) is 9.02. The van der Waals surface area contributed by atoms with Gasteiger partial charge in [0.15, 0.2) is 0 Å². The van der Waals surface area contributed by atoms with Crippen LogP contribution in [0.5, 0.6) is 0 Å². The Balaban J connectivity index is 1.72. The standard InChI is InChI=1S/C19H20F3N3O3/c1-2-11-27-25(17(26)15-5-3-4-6-15)12-13-7-9-14(10-8-13)16-23-18(28-24-16)19(20,21)22/h5,7-10H,2-4,6,11-12H2,1H3. The summed E-state index contributed by atoms with van der Waals surface area (Å²) in [5, 5.41) is 4.70. The molecule has 0 N–H and O–H groups in total. The average Bonchev–Trinajstić information content (AvgIpc) is 3.36. The molecule has 6 nitrogen and oxygen atoms in total. The molecule has 150 valence electrons. The lowest BCUT2D eigenvalue weighted by Gasteiger charge is -2.22. The number of allylic oxidation sites excluding steroid dienone is 1. The Morgan fingerprint density at radius 1 is 1.29 bits per heavy atom. The summed E-state index contributed by atoms with van der Waals surface area (Å²) in [5.74, 6) is -1.69. The maximum absolute atomic E-state index is 12.6. The Morgan fingerprint density at radius 2 is 2.04 bits per heavy atom. The summed E-state index contributed by atoms with van der Waals surface area (Å²) in [6.45, 7) is 2.60. The van der Waals surface area contributed by atoms with Crippen molar-refractivity contribution < 1.29 is 27.3 Å². The van der Waals surface area contributed by atoms with Gasteiger partial charge in [-0.3, -0.25) is 9.63 Å². The van der Waals surface area contributed by atoms with Gasteiger partial charge >= 0.3 is 12.1 Å². The fraction of sp³-hybridized carbons (Fsp3) is 0.421. The molecule has 1 aliphatic rings. The number of nitrogens with zero attached hydrogens (tertiary/aromatic N) is 3. The number of hydroxylamine groups is 2. The Morgan fingerprint density at radius 3 is 2.61 bits per heavy atom. The summed E-state index contributed by atoms with van der Waals surface area (Å²) in [5.41, 5.74) is 1.90. The fourth-order valence-corrected chi connectivity index (χ4v) is 2.78. The van der Waals surface area contributed by atoms with E-state index in [2.05, 4.69) is 14.7 Å². The van der Waals surface area contributed by atoms with E-state index < -0.39 is 12.1 Å². The Bertz CT molecular complexity index is 844.